The molecule has 0 atom stereocenters. The van der Waals surface area contributed by atoms with Crippen LogP contribution in [0.15, 0.2) is 101 Å². The fourth-order valence-electron chi connectivity index (χ4n) is 5.39. The standard InChI is InChI=1S/C30H30N8O6S2/c39-45(40,41)29-11-5-1-7-23(29)16-37-20-25(32-34-37)18-36(14-13-22-15-31-28-10-4-3-9-27(22)28)19-26-21-38(35-33-26)17-24-8-2-6-12-30(24)46(42,43)44/h1-12,15,20-21,31H,13-14,16-19H2,(H,39,40,41)(H,42,43,44). The molecule has 0 aliphatic heterocycles. The van der Waals surface area contributed by atoms with Gasteiger partial charge in [0.25, 0.3) is 20.2 Å². The molecule has 6 aromatic rings. The molecular formula is C30H30N8O6S2. The minimum Gasteiger partial charge on any atom is -0.361 e. The number of nitrogens with one attached hydrogen (secondary N) is 1. The molecule has 16 heteroatoms. The predicted molar refractivity (Wildman–Crippen MR) is 167 cm³/mol. The van der Waals surface area contributed by atoms with Crippen LogP contribution in [0.3, 0.4) is 0 Å². The van der Waals surface area contributed by atoms with Gasteiger partial charge in [-0.2, -0.15) is 16.8 Å². The molecule has 3 aromatic carbocycles. The van der Waals surface area contributed by atoms with Gasteiger partial charge in [-0.3, -0.25) is 14.0 Å². The molecule has 3 aromatic heterocycles. The zero-order valence-electron chi connectivity index (χ0n) is 24.4. The highest BCUT2D eigenvalue weighted by atomic mass is 32.2. The van der Waals surface area contributed by atoms with Gasteiger partial charge in [-0.15, -0.1) is 10.2 Å². The highest BCUT2D eigenvalue weighted by Gasteiger charge is 2.19. The molecule has 0 fully saturated rings. The Hall–Kier alpha value is -4.74. The van der Waals surface area contributed by atoms with Crippen molar-refractivity contribution in [2.75, 3.05) is 6.54 Å². The number of H-pyrrole nitrogens is 1. The average molecular weight is 663 g/mol. The van der Waals surface area contributed by atoms with E-state index in [0.29, 0.717) is 42.1 Å². The molecule has 3 N–H and O–H groups in total. The van der Waals surface area contributed by atoms with Crippen molar-refractivity contribution in [3.8, 4) is 0 Å². The van der Waals surface area contributed by atoms with Crippen molar-refractivity contribution < 1.29 is 25.9 Å². The number of para-hydroxylation sites is 1. The molecule has 46 heavy (non-hydrogen) atoms. The number of benzene rings is 3. The molecule has 0 aliphatic carbocycles. The van der Waals surface area contributed by atoms with Gasteiger partial charge in [0.2, 0.25) is 0 Å². The summed E-state index contributed by atoms with van der Waals surface area (Å²) in [5.41, 5.74) is 4.23. The highest BCUT2D eigenvalue weighted by molar-refractivity contribution is 7.86. The van der Waals surface area contributed by atoms with E-state index < -0.39 is 20.2 Å². The minimum absolute atomic E-state index is 0.0949. The smallest absolute Gasteiger partial charge is 0.294 e. The first kappa shape index (κ1) is 31.3. The van der Waals surface area contributed by atoms with Gasteiger partial charge in [0.15, 0.2) is 0 Å². The molecule has 0 aliphatic rings. The summed E-state index contributed by atoms with van der Waals surface area (Å²) >= 11 is 0. The van der Waals surface area contributed by atoms with Crippen molar-refractivity contribution in [3.05, 3.63) is 119 Å². The molecule has 0 bridgehead atoms. The third-order valence-corrected chi connectivity index (χ3v) is 9.39. The molecule has 0 saturated heterocycles. The molecule has 0 saturated carbocycles. The first-order chi connectivity index (χ1) is 22.0. The first-order valence-electron chi connectivity index (χ1n) is 14.2. The Kier molecular flexibility index (Phi) is 8.79. The predicted octanol–water partition coefficient (Wildman–Crippen LogP) is 3.19. The van der Waals surface area contributed by atoms with Crippen molar-refractivity contribution in [2.24, 2.45) is 0 Å². The van der Waals surface area contributed by atoms with E-state index in [1.165, 1.54) is 33.6 Å². The number of hydrogen-bond acceptors (Lipinski definition) is 9. The van der Waals surface area contributed by atoms with Crippen molar-refractivity contribution in [1.29, 1.82) is 0 Å². The van der Waals surface area contributed by atoms with E-state index in [1.54, 1.807) is 36.7 Å². The van der Waals surface area contributed by atoms with Crippen LogP contribution in [0, 0.1) is 0 Å². The van der Waals surface area contributed by atoms with Crippen LogP contribution in [-0.2, 0) is 52.8 Å². The van der Waals surface area contributed by atoms with Crippen LogP contribution in [-0.4, -0.2) is 72.4 Å². The zero-order valence-corrected chi connectivity index (χ0v) is 26.0. The Morgan fingerprint density at radius 1 is 0.674 bits per heavy atom. The van der Waals surface area contributed by atoms with Gasteiger partial charge in [-0.05, 0) is 41.3 Å². The highest BCUT2D eigenvalue weighted by Crippen LogP contribution is 2.21. The maximum atomic E-state index is 11.8. The maximum Gasteiger partial charge on any atom is 0.294 e. The largest absolute Gasteiger partial charge is 0.361 e. The number of aromatic amines is 1. The van der Waals surface area contributed by atoms with Crippen LogP contribution in [0.4, 0.5) is 0 Å². The molecule has 238 valence electrons. The fourth-order valence-corrected chi connectivity index (χ4v) is 6.82. The van der Waals surface area contributed by atoms with Crippen LogP contribution < -0.4 is 0 Å². The number of rotatable bonds is 13. The number of aromatic nitrogens is 7. The molecule has 3 heterocycles. The fraction of sp³-hybridized carbons (Fsp3) is 0.200. The molecule has 0 amide bonds. The van der Waals surface area contributed by atoms with Crippen LogP contribution in [0.1, 0.15) is 28.1 Å². The van der Waals surface area contributed by atoms with E-state index >= 15 is 0 Å². The Morgan fingerprint density at radius 3 is 1.72 bits per heavy atom. The molecule has 0 spiro atoms. The van der Waals surface area contributed by atoms with E-state index in [2.05, 4.69) is 36.6 Å². The lowest BCUT2D eigenvalue weighted by molar-refractivity contribution is 0.254. The van der Waals surface area contributed by atoms with Crippen molar-refractivity contribution in [1.82, 2.24) is 39.9 Å². The SMILES string of the molecule is O=S(=O)(O)c1ccccc1Cn1cc(CN(CCc2c[nH]c3ccccc23)Cc2cn(Cc3ccccc3S(=O)(=O)O)nn2)nn1. The quantitative estimate of drug-likeness (QED) is 0.154. The third kappa shape index (κ3) is 7.38. The lowest BCUT2D eigenvalue weighted by atomic mass is 10.1. The molecule has 14 nitrogen and oxygen atoms in total. The second-order valence-corrected chi connectivity index (χ2v) is 13.6. The summed E-state index contributed by atoms with van der Waals surface area (Å²) in [7, 11) is -8.80. The second kappa shape index (κ2) is 12.9. The second-order valence-electron chi connectivity index (χ2n) is 10.8. The van der Waals surface area contributed by atoms with Gasteiger partial charge in [0.05, 0.1) is 46.7 Å². The zero-order chi connectivity index (χ0) is 32.3. The number of nitrogens with zero attached hydrogens (tertiary/aromatic N) is 7. The van der Waals surface area contributed by atoms with E-state index in [9.17, 15) is 25.9 Å². The topological polar surface area (TPSA) is 189 Å². The van der Waals surface area contributed by atoms with Gasteiger partial charge in [0.1, 0.15) is 0 Å². The normalized spacial score (nSPS) is 12.3. The molecule has 0 unspecified atom stereocenters. The summed E-state index contributed by atoms with van der Waals surface area (Å²) in [6.07, 6.45) is 6.16. The summed E-state index contributed by atoms with van der Waals surface area (Å²) in [6, 6.07) is 20.4. The molecule has 6 rings (SSSR count). The van der Waals surface area contributed by atoms with Crippen molar-refractivity contribution in [2.45, 2.75) is 42.4 Å². The van der Waals surface area contributed by atoms with E-state index in [-0.39, 0.29) is 22.9 Å². The maximum absolute atomic E-state index is 11.8. The number of fused-ring (bicyclic) bond motifs is 1. The van der Waals surface area contributed by atoms with E-state index in [0.717, 1.165) is 22.9 Å². The van der Waals surface area contributed by atoms with Crippen molar-refractivity contribution in [3.63, 3.8) is 0 Å². The van der Waals surface area contributed by atoms with E-state index in [1.807, 2.05) is 24.4 Å². The van der Waals surface area contributed by atoms with Gasteiger partial charge in [0, 0.05) is 36.7 Å². The summed E-state index contributed by atoms with van der Waals surface area (Å²) in [5, 5.41) is 18.1. The Bertz CT molecular complexity index is 2090. The first-order valence-corrected chi connectivity index (χ1v) is 17.1. The molecule has 0 radical (unpaired) electrons. The Balaban J connectivity index is 1.21. The average Bonchev–Trinajstić information content (AvgIpc) is 3.76. The van der Waals surface area contributed by atoms with Crippen LogP contribution in [0.5, 0.6) is 0 Å². The monoisotopic (exact) mass is 662 g/mol. The van der Waals surface area contributed by atoms with Gasteiger partial charge in [-0.25, -0.2) is 9.36 Å². The minimum atomic E-state index is -4.40. The molecular weight excluding hydrogens is 633 g/mol. The number of hydrogen-bond donors (Lipinski definition) is 3. The van der Waals surface area contributed by atoms with Crippen LogP contribution in [0.25, 0.3) is 10.9 Å². The summed E-state index contributed by atoms with van der Waals surface area (Å²) in [5.74, 6) is 0. The van der Waals surface area contributed by atoms with Gasteiger partial charge < -0.3 is 4.98 Å². The Labute approximate surface area is 264 Å². The van der Waals surface area contributed by atoms with Crippen molar-refractivity contribution >= 4 is 31.1 Å². The summed E-state index contributed by atoms with van der Waals surface area (Å²) in [6.45, 7) is 1.59. The summed E-state index contributed by atoms with van der Waals surface area (Å²) in [4.78, 5) is 5.06. The van der Waals surface area contributed by atoms with Crippen LogP contribution >= 0.6 is 0 Å². The van der Waals surface area contributed by atoms with Gasteiger partial charge >= 0.3 is 0 Å². The van der Waals surface area contributed by atoms with E-state index in [4.69, 9.17) is 0 Å². The Morgan fingerprint density at radius 2 is 1.17 bits per heavy atom. The lowest BCUT2D eigenvalue weighted by Crippen LogP contribution is -2.25. The summed E-state index contributed by atoms with van der Waals surface area (Å²) < 4.78 is 69.6. The lowest BCUT2D eigenvalue weighted by Gasteiger charge is -2.19. The van der Waals surface area contributed by atoms with Crippen LogP contribution in [0.2, 0.25) is 0 Å². The third-order valence-electron chi connectivity index (χ3n) is 7.48. The van der Waals surface area contributed by atoms with Gasteiger partial charge in [-0.1, -0.05) is 65.0 Å².